The van der Waals surface area contributed by atoms with Gasteiger partial charge in [-0.2, -0.15) is 0 Å². The van der Waals surface area contributed by atoms with E-state index in [1.807, 2.05) is 6.92 Å². The molecule has 0 radical (unpaired) electrons. The molecule has 3 rings (SSSR count). The summed E-state index contributed by atoms with van der Waals surface area (Å²) in [5.74, 6) is -0.452. The Morgan fingerprint density at radius 3 is 2.77 bits per heavy atom. The third-order valence-corrected chi connectivity index (χ3v) is 4.20. The molecule has 2 aromatic carbocycles. The third-order valence-electron chi connectivity index (χ3n) is 3.88. The second kappa shape index (κ2) is 6.89. The quantitative estimate of drug-likeness (QED) is 0.416. The van der Waals surface area contributed by atoms with Crippen LogP contribution >= 0.6 is 12.2 Å². The number of benzene rings is 2. The first kappa shape index (κ1) is 17.5. The number of nitro groups is 1. The fourth-order valence-corrected chi connectivity index (χ4v) is 2.91. The van der Waals surface area contributed by atoms with Gasteiger partial charge < -0.3 is 10.3 Å². The van der Waals surface area contributed by atoms with Crippen LogP contribution in [0.2, 0.25) is 0 Å². The highest BCUT2D eigenvalue weighted by atomic mass is 32.1. The van der Waals surface area contributed by atoms with E-state index in [-0.39, 0.29) is 16.0 Å². The number of aromatic amines is 1. The Balaban J connectivity index is 1.97. The Bertz CT molecular complexity index is 1150. The van der Waals surface area contributed by atoms with Crippen molar-refractivity contribution < 1.29 is 9.72 Å². The molecule has 1 amide bonds. The minimum Gasteiger partial charge on any atom is -0.332 e. The van der Waals surface area contributed by atoms with E-state index in [9.17, 15) is 19.7 Å². The van der Waals surface area contributed by atoms with E-state index >= 15 is 0 Å². The van der Waals surface area contributed by atoms with E-state index in [4.69, 9.17) is 12.2 Å². The fourth-order valence-electron chi connectivity index (χ4n) is 2.58. The lowest BCUT2D eigenvalue weighted by Crippen LogP contribution is -2.21. The van der Waals surface area contributed by atoms with Crippen LogP contribution in [0.1, 0.15) is 17.3 Å². The van der Waals surface area contributed by atoms with Crippen LogP contribution in [0.5, 0.6) is 0 Å². The van der Waals surface area contributed by atoms with Crippen molar-refractivity contribution >= 4 is 40.4 Å². The van der Waals surface area contributed by atoms with Crippen molar-refractivity contribution in [2.75, 3.05) is 5.32 Å². The highest BCUT2D eigenvalue weighted by Gasteiger charge is 2.12. The predicted octanol–water partition coefficient (Wildman–Crippen LogP) is 3.24. The maximum absolute atomic E-state index is 12.4. The van der Waals surface area contributed by atoms with Crippen molar-refractivity contribution in [3.63, 3.8) is 0 Å². The minimum absolute atomic E-state index is 0.120. The Kier molecular flexibility index (Phi) is 4.63. The molecule has 0 fully saturated rings. The number of hydrogen-bond donors (Lipinski definition) is 2. The van der Waals surface area contributed by atoms with Crippen LogP contribution in [0.15, 0.2) is 47.3 Å². The zero-order valence-corrected chi connectivity index (χ0v) is 14.5. The lowest BCUT2D eigenvalue weighted by Gasteiger charge is -2.08. The van der Waals surface area contributed by atoms with Gasteiger partial charge in [0, 0.05) is 29.9 Å². The predicted molar refractivity (Wildman–Crippen MR) is 100 cm³/mol. The van der Waals surface area contributed by atoms with Gasteiger partial charge in [0.05, 0.1) is 15.8 Å². The Morgan fingerprint density at radius 2 is 2.08 bits per heavy atom. The normalized spacial score (nSPS) is 10.7. The molecule has 0 saturated heterocycles. The minimum atomic E-state index is -0.537. The first-order valence-corrected chi connectivity index (χ1v) is 8.14. The number of fused-ring (bicyclic) bond motifs is 1. The number of nitrogens with one attached hydrogen (secondary N) is 2. The molecule has 132 valence electrons. The molecule has 1 aromatic heterocycles. The molecule has 0 aliphatic rings. The van der Waals surface area contributed by atoms with Gasteiger partial charge in [0.2, 0.25) is 0 Å². The molecule has 0 aliphatic carbocycles. The molecule has 2 N–H and O–H groups in total. The van der Waals surface area contributed by atoms with E-state index in [1.165, 1.54) is 34.9 Å². The first-order chi connectivity index (χ1) is 12.4. The number of carbonyl (C=O) groups excluding carboxylic acids is 1. The molecule has 8 nitrogen and oxygen atoms in total. The van der Waals surface area contributed by atoms with E-state index in [0.717, 1.165) is 0 Å². The largest absolute Gasteiger partial charge is 0.332 e. The number of carbonyl (C=O) groups is 1. The Labute approximate surface area is 152 Å². The molecule has 0 spiro atoms. The molecule has 26 heavy (non-hydrogen) atoms. The number of H-pyrrole nitrogens is 1. The van der Waals surface area contributed by atoms with Crippen molar-refractivity contribution in [2.45, 2.75) is 13.5 Å². The van der Waals surface area contributed by atoms with Crippen LogP contribution in [0.4, 0.5) is 11.4 Å². The fraction of sp³-hybridized carbons (Fsp3) is 0.118. The SMILES string of the molecule is CCn1c(=S)[nH]c2cc(C(=O)Nc3cccc([N+](=O)[O-])c3)ccc2c1=O. The van der Waals surface area contributed by atoms with E-state index in [2.05, 4.69) is 10.3 Å². The zero-order chi connectivity index (χ0) is 18.8. The lowest BCUT2D eigenvalue weighted by molar-refractivity contribution is -0.384. The van der Waals surface area contributed by atoms with Gasteiger partial charge in [-0.3, -0.25) is 24.3 Å². The number of non-ortho nitro benzene ring substituents is 1. The van der Waals surface area contributed by atoms with Crippen LogP contribution in [-0.4, -0.2) is 20.4 Å². The summed E-state index contributed by atoms with van der Waals surface area (Å²) in [6.45, 7) is 2.26. The summed E-state index contributed by atoms with van der Waals surface area (Å²) < 4.78 is 1.71. The summed E-state index contributed by atoms with van der Waals surface area (Å²) in [4.78, 5) is 38.0. The van der Waals surface area contributed by atoms with Crippen molar-refractivity contribution in [3.05, 3.63) is 73.3 Å². The Morgan fingerprint density at radius 1 is 1.31 bits per heavy atom. The molecule has 0 unspecified atom stereocenters. The molecule has 0 bridgehead atoms. The topological polar surface area (TPSA) is 110 Å². The summed E-state index contributed by atoms with van der Waals surface area (Å²) in [7, 11) is 0. The average Bonchev–Trinajstić information content (AvgIpc) is 2.61. The number of amides is 1. The highest BCUT2D eigenvalue weighted by Crippen LogP contribution is 2.18. The molecule has 1 heterocycles. The summed E-state index contributed by atoms with van der Waals surface area (Å²) in [6, 6.07) is 10.2. The molecule has 0 atom stereocenters. The number of nitro benzene ring substituents is 1. The van der Waals surface area contributed by atoms with Crippen LogP contribution < -0.4 is 10.9 Å². The third kappa shape index (κ3) is 3.24. The Hall–Kier alpha value is -3.33. The summed E-state index contributed by atoms with van der Waals surface area (Å²) in [6.07, 6.45) is 0. The molecule has 0 aliphatic heterocycles. The van der Waals surface area contributed by atoms with Crippen LogP contribution in [0.3, 0.4) is 0 Å². The van der Waals surface area contributed by atoms with Crippen molar-refractivity contribution in [1.82, 2.24) is 9.55 Å². The monoisotopic (exact) mass is 370 g/mol. The summed E-state index contributed by atoms with van der Waals surface area (Å²) in [5.41, 5.74) is 0.709. The summed E-state index contributed by atoms with van der Waals surface area (Å²) in [5, 5.41) is 13.8. The van der Waals surface area contributed by atoms with Crippen molar-refractivity contribution in [1.29, 1.82) is 0 Å². The van der Waals surface area contributed by atoms with E-state index in [1.54, 1.807) is 12.1 Å². The molecule has 3 aromatic rings. The van der Waals surface area contributed by atoms with Gasteiger partial charge in [0.1, 0.15) is 0 Å². The van der Waals surface area contributed by atoms with Crippen LogP contribution in [0.25, 0.3) is 10.9 Å². The number of rotatable bonds is 4. The first-order valence-electron chi connectivity index (χ1n) is 7.73. The maximum Gasteiger partial charge on any atom is 0.271 e. The summed E-state index contributed by atoms with van der Waals surface area (Å²) >= 11 is 5.16. The highest BCUT2D eigenvalue weighted by molar-refractivity contribution is 7.71. The smallest absolute Gasteiger partial charge is 0.271 e. The van der Waals surface area contributed by atoms with Crippen molar-refractivity contribution in [3.8, 4) is 0 Å². The van der Waals surface area contributed by atoms with E-state index < -0.39 is 10.8 Å². The molecule has 9 heteroatoms. The van der Waals surface area contributed by atoms with E-state index in [0.29, 0.717) is 28.7 Å². The van der Waals surface area contributed by atoms with Gasteiger partial charge in [0.25, 0.3) is 17.2 Å². The van der Waals surface area contributed by atoms with Gasteiger partial charge >= 0.3 is 0 Å². The molecule has 0 saturated carbocycles. The van der Waals surface area contributed by atoms with Crippen LogP contribution in [0, 0.1) is 14.9 Å². The lowest BCUT2D eigenvalue weighted by atomic mass is 10.1. The van der Waals surface area contributed by atoms with Gasteiger partial charge in [0.15, 0.2) is 4.77 Å². The number of anilines is 1. The van der Waals surface area contributed by atoms with Gasteiger partial charge in [-0.25, -0.2) is 0 Å². The second-order valence-corrected chi connectivity index (χ2v) is 5.89. The number of nitrogens with zero attached hydrogens (tertiary/aromatic N) is 2. The van der Waals surface area contributed by atoms with Crippen LogP contribution in [-0.2, 0) is 6.54 Å². The number of hydrogen-bond acceptors (Lipinski definition) is 5. The van der Waals surface area contributed by atoms with Crippen molar-refractivity contribution in [2.24, 2.45) is 0 Å². The standard InChI is InChI=1S/C17H14N4O4S/c1-2-20-16(23)13-7-6-10(8-14(13)19-17(20)26)15(22)18-11-4-3-5-12(9-11)21(24)25/h3-9H,2H2,1H3,(H,18,22)(H,19,26). The zero-order valence-electron chi connectivity index (χ0n) is 13.7. The van der Waals surface area contributed by atoms with Gasteiger partial charge in [-0.05, 0) is 43.4 Å². The van der Waals surface area contributed by atoms with Gasteiger partial charge in [-0.1, -0.05) is 6.07 Å². The maximum atomic E-state index is 12.4. The number of aromatic nitrogens is 2. The average molecular weight is 370 g/mol. The molecular weight excluding hydrogens is 356 g/mol. The second-order valence-electron chi connectivity index (χ2n) is 5.50. The molecular formula is C17H14N4O4S. The van der Waals surface area contributed by atoms with Gasteiger partial charge in [-0.15, -0.1) is 0 Å².